The van der Waals surface area contributed by atoms with Crippen molar-refractivity contribution in [2.75, 3.05) is 16.7 Å². The second-order valence-corrected chi connectivity index (χ2v) is 7.93. The Morgan fingerprint density at radius 2 is 1.67 bits per heavy atom. The average molecular weight is 344 g/mol. The zero-order chi connectivity index (χ0) is 17.6. The van der Waals surface area contributed by atoms with Crippen LogP contribution in [0.25, 0.3) is 0 Å². The maximum absolute atomic E-state index is 12.7. The van der Waals surface area contributed by atoms with E-state index in [9.17, 15) is 13.2 Å². The minimum atomic E-state index is -3.68. The number of likely N-dealkylation sites (N-methyl/N-ethyl adjacent to an activating group) is 1. The Hall–Kier alpha value is -2.34. The predicted molar refractivity (Wildman–Crippen MR) is 95.0 cm³/mol. The third kappa shape index (κ3) is 2.78. The molecule has 0 unspecified atom stereocenters. The summed E-state index contributed by atoms with van der Waals surface area (Å²) in [7, 11) is -1.96. The van der Waals surface area contributed by atoms with Crippen LogP contribution in [0, 0.1) is 20.8 Å². The van der Waals surface area contributed by atoms with Crippen LogP contribution in [0.1, 0.15) is 22.3 Å². The van der Waals surface area contributed by atoms with Gasteiger partial charge in [0.15, 0.2) is 0 Å². The van der Waals surface area contributed by atoms with Crippen LogP contribution in [0.15, 0.2) is 35.2 Å². The molecule has 1 aliphatic heterocycles. The van der Waals surface area contributed by atoms with Gasteiger partial charge in [0.05, 0.1) is 11.3 Å². The van der Waals surface area contributed by atoms with E-state index in [1.54, 1.807) is 43.1 Å². The number of amides is 1. The lowest BCUT2D eigenvalue weighted by molar-refractivity contribution is -0.117. The summed E-state index contributed by atoms with van der Waals surface area (Å²) in [5, 5.41) is 0. The molecule has 2 aromatic carbocycles. The van der Waals surface area contributed by atoms with Crippen LogP contribution < -0.4 is 9.62 Å². The molecule has 0 aliphatic carbocycles. The second-order valence-electron chi connectivity index (χ2n) is 6.28. The number of rotatable bonds is 3. The van der Waals surface area contributed by atoms with Crippen molar-refractivity contribution >= 4 is 27.3 Å². The Kier molecular flexibility index (Phi) is 3.87. The van der Waals surface area contributed by atoms with Crippen molar-refractivity contribution in [3.63, 3.8) is 0 Å². The first-order valence-corrected chi connectivity index (χ1v) is 9.17. The number of hydrogen-bond acceptors (Lipinski definition) is 3. The van der Waals surface area contributed by atoms with Gasteiger partial charge in [-0.15, -0.1) is 0 Å². The van der Waals surface area contributed by atoms with E-state index in [0.29, 0.717) is 17.7 Å². The number of benzene rings is 2. The molecule has 2 aromatic rings. The van der Waals surface area contributed by atoms with E-state index in [-0.39, 0.29) is 10.8 Å². The number of anilines is 2. The molecule has 126 valence electrons. The highest BCUT2D eigenvalue weighted by Crippen LogP contribution is 2.31. The molecule has 0 saturated heterocycles. The lowest BCUT2D eigenvalue weighted by atomic mass is 10.1. The van der Waals surface area contributed by atoms with Gasteiger partial charge in [-0.25, -0.2) is 8.42 Å². The maximum Gasteiger partial charge on any atom is 0.262 e. The number of nitrogens with one attached hydrogen (secondary N) is 1. The minimum Gasteiger partial charge on any atom is -0.315 e. The van der Waals surface area contributed by atoms with Gasteiger partial charge in [-0.2, -0.15) is 0 Å². The third-order valence-corrected chi connectivity index (χ3v) is 6.01. The van der Waals surface area contributed by atoms with Crippen LogP contribution in [0.4, 0.5) is 11.4 Å². The van der Waals surface area contributed by atoms with Gasteiger partial charge in [0, 0.05) is 18.4 Å². The minimum absolute atomic E-state index is 0.00927. The fraction of sp³-hybridized carbons (Fsp3) is 0.278. The van der Waals surface area contributed by atoms with E-state index >= 15 is 0 Å². The summed E-state index contributed by atoms with van der Waals surface area (Å²) in [5.41, 5.74) is 4.83. The van der Waals surface area contributed by atoms with Gasteiger partial charge in [0.1, 0.15) is 0 Å². The summed E-state index contributed by atoms with van der Waals surface area (Å²) < 4.78 is 28.1. The Morgan fingerprint density at radius 1 is 1.00 bits per heavy atom. The molecule has 0 bridgehead atoms. The average Bonchev–Trinajstić information content (AvgIpc) is 2.77. The monoisotopic (exact) mass is 344 g/mol. The molecular weight excluding hydrogens is 324 g/mol. The number of carbonyl (C=O) groups excluding carboxylic acids is 1. The lowest BCUT2D eigenvalue weighted by Gasteiger charge is -2.14. The van der Waals surface area contributed by atoms with Crippen LogP contribution >= 0.6 is 0 Å². The molecule has 1 aliphatic rings. The molecular formula is C18H20N2O3S. The summed E-state index contributed by atoms with van der Waals surface area (Å²) in [4.78, 5) is 13.6. The Bertz CT molecular complexity index is 949. The molecule has 0 aromatic heterocycles. The van der Waals surface area contributed by atoms with E-state index < -0.39 is 10.0 Å². The van der Waals surface area contributed by atoms with Gasteiger partial charge in [-0.3, -0.25) is 9.52 Å². The first kappa shape index (κ1) is 16.5. The van der Waals surface area contributed by atoms with Gasteiger partial charge >= 0.3 is 0 Å². The molecule has 0 radical (unpaired) electrons. The van der Waals surface area contributed by atoms with Crippen molar-refractivity contribution in [2.24, 2.45) is 0 Å². The Morgan fingerprint density at radius 3 is 2.38 bits per heavy atom. The summed E-state index contributed by atoms with van der Waals surface area (Å²) in [6, 6.07) is 8.75. The zero-order valence-electron chi connectivity index (χ0n) is 14.2. The standard InChI is InChI=1S/C18H20N2O3S/c1-11-7-13(3)17(8-12(11)2)24(22,23)19-15-5-6-16-14(9-15)10-18(21)20(16)4/h5-9,19H,10H2,1-4H3. The summed E-state index contributed by atoms with van der Waals surface area (Å²) in [5.74, 6) is 0.00927. The largest absolute Gasteiger partial charge is 0.315 e. The molecule has 0 atom stereocenters. The number of sulfonamides is 1. The molecule has 0 spiro atoms. The summed E-state index contributed by atoms with van der Waals surface area (Å²) in [6.45, 7) is 5.64. The molecule has 1 N–H and O–H groups in total. The lowest BCUT2D eigenvalue weighted by Crippen LogP contribution is -2.20. The Balaban J connectivity index is 1.95. The molecule has 3 rings (SSSR count). The van der Waals surface area contributed by atoms with Gasteiger partial charge < -0.3 is 4.90 Å². The topological polar surface area (TPSA) is 66.5 Å². The highest BCUT2D eigenvalue weighted by Gasteiger charge is 2.25. The highest BCUT2D eigenvalue weighted by molar-refractivity contribution is 7.92. The van der Waals surface area contributed by atoms with Gasteiger partial charge in [0.2, 0.25) is 5.91 Å². The van der Waals surface area contributed by atoms with Gasteiger partial charge in [-0.1, -0.05) is 6.07 Å². The van der Waals surface area contributed by atoms with Crippen molar-refractivity contribution < 1.29 is 13.2 Å². The number of carbonyl (C=O) groups is 1. The third-order valence-electron chi connectivity index (χ3n) is 4.49. The summed E-state index contributed by atoms with van der Waals surface area (Å²) >= 11 is 0. The predicted octanol–water partition coefficient (Wildman–Crippen LogP) is 2.93. The normalized spacial score (nSPS) is 14.0. The van der Waals surface area contributed by atoms with Crippen LogP contribution in [-0.2, 0) is 21.2 Å². The van der Waals surface area contributed by atoms with E-state index in [2.05, 4.69) is 4.72 Å². The molecule has 5 nitrogen and oxygen atoms in total. The quantitative estimate of drug-likeness (QED) is 0.931. The van der Waals surface area contributed by atoms with Crippen LogP contribution in [0.5, 0.6) is 0 Å². The fourth-order valence-electron chi connectivity index (χ4n) is 2.97. The van der Waals surface area contributed by atoms with E-state index in [1.165, 1.54) is 0 Å². The van der Waals surface area contributed by atoms with E-state index in [0.717, 1.165) is 22.4 Å². The second kappa shape index (κ2) is 5.63. The smallest absolute Gasteiger partial charge is 0.262 e. The highest BCUT2D eigenvalue weighted by atomic mass is 32.2. The van der Waals surface area contributed by atoms with Crippen molar-refractivity contribution in [3.8, 4) is 0 Å². The first-order valence-electron chi connectivity index (χ1n) is 7.69. The first-order chi connectivity index (χ1) is 11.2. The van der Waals surface area contributed by atoms with Gasteiger partial charge in [0.25, 0.3) is 10.0 Å². The molecule has 0 fully saturated rings. The maximum atomic E-state index is 12.7. The molecule has 0 saturated carbocycles. The molecule has 6 heteroatoms. The number of aryl methyl sites for hydroxylation is 3. The van der Waals surface area contributed by atoms with E-state index in [1.807, 2.05) is 19.9 Å². The van der Waals surface area contributed by atoms with Crippen LogP contribution in [0.3, 0.4) is 0 Å². The summed E-state index contributed by atoms with van der Waals surface area (Å²) in [6.07, 6.45) is 0.296. The molecule has 1 amide bonds. The Labute approximate surface area is 142 Å². The van der Waals surface area contributed by atoms with Crippen molar-refractivity contribution in [3.05, 3.63) is 52.6 Å². The number of nitrogens with zero attached hydrogens (tertiary/aromatic N) is 1. The van der Waals surface area contributed by atoms with Crippen molar-refractivity contribution in [1.29, 1.82) is 0 Å². The fourth-order valence-corrected chi connectivity index (χ4v) is 4.33. The number of hydrogen-bond donors (Lipinski definition) is 1. The van der Waals surface area contributed by atoms with Crippen LogP contribution in [0.2, 0.25) is 0 Å². The van der Waals surface area contributed by atoms with Crippen LogP contribution in [-0.4, -0.2) is 21.4 Å². The van der Waals surface area contributed by atoms with Crippen molar-refractivity contribution in [1.82, 2.24) is 0 Å². The number of fused-ring (bicyclic) bond motifs is 1. The zero-order valence-corrected chi connectivity index (χ0v) is 15.0. The van der Waals surface area contributed by atoms with E-state index in [4.69, 9.17) is 0 Å². The molecule has 1 heterocycles. The molecule has 24 heavy (non-hydrogen) atoms. The van der Waals surface area contributed by atoms with Crippen molar-refractivity contribution in [2.45, 2.75) is 32.1 Å². The SMILES string of the molecule is Cc1cc(C)c(S(=O)(=O)Nc2ccc3c(c2)CC(=O)N3C)cc1C. The van der Waals surface area contributed by atoms with Gasteiger partial charge in [-0.05, 0) is 67.3 Å².